The second-order valence-electron chi connectivity index (χ2n) is 4.75. The highest BCUT2D eigenvalue weighted by Gasteiger charge is 2.33. The summed E-state index contributed by atoms with van der Waals surface area (Å²) in [6, 6.07) is 0.150. The molecule has 5 nitrogen and oxygen atoms in total. The molecule has 1 saturated carbocycles. The van der Waals surface area contributed by atoms with E-state index in [1.807, 2.05) is 0 Å². The Bertz CT molecular complexity index is 327. The van der Waals surface area contributed by atoms with E-state index in [1.165, 1.54) is 0 Å². The minimum absolute atomic E-state index is 0.00803. The molecule has 1 heterocycles. The third-order valence-corrected chi connectivity index (χ3v) is 5.30. The molecule has 1 saturated heterocycles. The Labute approximate surface area is 97.6 Å². The van der Waals surface area contributed by atoms with Crippen molar-refractivity contribution in [3.63, 3.8) is 0 Å². The summed E-state index contributed by atoms with van der Waals surface area (Å²) in [6.07, 6.45) is 6.00. The molecule has 6 heteroatoms. The predicted molar refractivity (Wildman–Crippen MR) is 63.1 cm³/mol. The smallest absolute Gasteiger partial charge is 0.279 e. The molecule has 0 radical (unpaired) electrons. The van der Waals surface area contributed by atoms with Gasteiger partial charge in [0.2, 0.25) is 0 Å². The van der Waals surface area contributed by atoms with Gasteiger partial charge < -0.3 is 5.73 Å². The third-order valence-electron chi connectivity index (χ3n) is 3.57. The van der Waals surface area contributed by atoms with Crippen molar-refractivity contribution in [2.75, 3.05) is 13.1 Å². The Kier molecular flexibility index (Phi) is 3.84. The second kappa shape index (κ2) is 5.00. The van der Waals surface area contributed by atoms with Gasteiger partial charge in [-0.1, -0.05) is 12.8 Å². The van der Waals surface area contributed by atoms with E-state index in [0.717, 1.165) is 38.5 Å². The normalized spacial score (nSPS) is 28.9. The quantitative estimate of drug-likeness (QED) is 0.744. The van der Waals surface area contributed by atoms with E-state index in [4.69, 9.17) is 5.73 Å². The number of hydrogen-bond donors (Lipinski definition) is 2. The van der Waals surface area contributed by atoms with E-state index in [1.54, 1.807) is 4.31 Å². The molecule has 1 aliphatic carbocycles. The fourth-order valence-corrected chi connectivity index (χ4v) is 4.08. The van der Waals surface area contributed by atoms with E-state index < -0.39 is 10.2 Å². The first-order valence-corrected chi connectivity index (χ1v) is 7.56. The molecule has 2 aliphatic rings. The van der Waals surface area contributed by atoms with Gasteiger partial charge in [0.25, 0.3) is 10.2 Å². The minimum atomic E-state index is -3.30. The number of hydrogen-bond acceptors (Lipinski definition) is 3. The Balaban J connectivity index is 2.01. The maximum absolute atomic E-state index is 12.1. The predicted octanol–water partition coefficient (Wildman–Crippen LogP) is 0.186. The van der Waals surface area contributed by atoms with E-state index in [9.17, 15) is 8.42 Å². The van der Waals surface area contributed by atoms with Crippen LogP contribution >= 0.6 is 0 Å². The summed E-state index contributed by atoms with van der Waals surface area (Å²) in [5, 5.41) is 0. The van der Waals surface area contributed by atoms with Crippen LogP contribution in [0, 0.1) is 0 Å². The minimum Gasteiger partial charge on any atom is -0.329 e. The lowest BCUT2D eigenvalue weighted by atomic mass is 9.94. The van der Waals surface area contributed by atoms with Crippen LogP contribution in [0.2, 0.25) is 0 Å². The molecule has 94 valence electrons. The van der Waals surface area contributed by atoms with Crippen LogP contribution in [0.3, 0.4) is 0 Å². The van der Waals surface area contributed by atoms with Crippen molar-refractivity contribution < 1.29 is 8.42 Å². The molecule has 16 heavy (non-hydrogen) atoms. The van der Waals surface area contributed by atoms with E-state index >= 15 is 0 Å². The van der Waals surface area contributed by atoms with Crippen molar-refractivity contribution >= 4 is 10.2 Å². The molecule has 1 unspecified atom stereocenters. The summed E-state index contributed by atoms with van der Waals surface area (Å²) in [6.45, 7) is 1.04. The van der Waals surface area contributed by atoms with Gasteiger partial charge in [0, 0.05) is 25.2 Å². The molecule has 0 amide bonds. The molecule has 2 fully saturated rings. The average molecular weight is 247 g/mol. The molecule has 0 bridgehead atoms. The van der Waals surface area contributed by atoms with E-state index in [0.29, 0.717) is 13.1 Å². The molecule has 2 rings (SSSR count). The van der Waals surface area contributed by atoms with Gasteiger partial charge >= 0.3 is 0 Å². The van der Waals surface area contributed by atoms with Crippen LogP contribution < -0.4 is 10.5 Å². The van der Waals surface area contributed by atoms with Crippen LogP contribution in [-0.4, -0.2) is 37.9 Å². The van der Waals surface area contributed by atoms with Crippen molar-refractivity contribution in [1.82, 2.24) is 9.03 Å². The first-order valence-electron chi connectivity index (χ1n) is 6.12. The summed E-state index contributed by atoms with van der Waals surface area (Å²) in [5.74, 6) is 0. The van der Waals surface area contributed by atoms with Crippen LogP contribution in [0.25, 0.3) is 0 Å². The summed E-state index contributed by atoms with van der Waals surface area (Å²) in [7, 11) is -3.30. The Hall–Kier alpha value is -0.170. The molecule has 3 N–H and O–H groups in total. The molecular formula is C10H21N3O2S. The van der Waals surface area contributed by atoms with Gasteiger partial charge in [-0.05, 0) is 25.7 Å². The van der Waals surface area contributed by atoms with Crippen molar-refractivity contribution in [2.24, 2.45) is 5.73 Å². The van der Waals surface area contributed by atoms with Crippen molar-refractivity contribution in [1.29, 1.82) is 0 Å². The zero-order valence-corrected chi connectivity index (χ0v) is 10.4. The van der Waals surface area contributed by atoms with E-state index in [-0.39, 0.29) is 12.1 Å². The summed E-state index contributed by atoms with van der Waals surface area (Å²) >= 11 is 0. The van der Waals surface area contributed by atoms with Crippen LogP contribution in [0.5, 0.6) is 0 Å². The molecule has 1 atom stereocenters. The Morgan fingerprint density at radius 2 is 1.94 bits per heavy atom. The molecule has 0 spiro atoms. The zero-order valence-electron chi connectivity index (χ0n) is 9.56. The largest absolute Gasteiger partial charge is 0.329 e. The standard InChI is InChI=1S/C10H21N3O2S/c11-8-10-6-1-2-7-13(10)16(14,15)12-9-4-3-5-9/h9-10,12H,1-8,11H2. The SMILES string of the molecule is NCC1CCCCN1S(=O)(=O)NC1CCC1. The summed E-state index contributed by atoms with van der Waals surface area (Å²) in [5.41, 5.74) is 5.63. The van der Waals surface area contributed by atoms with Gasteiger partial charge in [0.15, 0.2) is 0 Å². The summed E-state index contributed by atoms with van der Waals surface area (Å²) < 4.78 is 28.6. The van der Waals surface area contributed by atoms with Crippen LogP contribution in [0.1, 0.15) is 38.5 Å². The molecule has 0 aromatic carbocycles. The first-order chi connectivity index (χ1) is 7.63. The third kappa shape index (κ3) is 2.56. The average Bonchev–Trinajstić information content (AvgIpc) is 2.24. The monoisotopic (exact) mass is 247 g/mol. The van der Waals surface area contributed by atoms with Gasteiger partial charge in [-0.3, -0.25) is 0 Å². The highest BCUT2D eigenvalue weighted by molar-refractivity contribution is 7.87. The van der Waals surface area contributed by atoms with Crippen molar-refractivity contribution in [3.8, 4) is 0 Å². The first kappa shape index (κ1) is 12.3. The molecular weight excluding hydrogens is 226 g/mol. The highest BCUT2D eigenvalue weighted by Crippen LogP contribution is 2.23. The van der Waals surface area contributed by atoms with Crippen LogP contribution in [0.4, 0.5) is 0 Å². The van der Waals surface area contributed by atoms with Gasteiger partial charge in [-0.2, -0.15) is 17.4 Å². The Morgan fingerprint density at radius 3 is 2.50 bits per heavy atom. The van der Waals surface area contributed by atoms with Gasteiger partial charge in [0.05, 0.1) is 0 Å². The fourth-order valence-electron chi connectivity index (χ4n) is 2.33. The topological polar surface area (TPSA) is 75.4 Å². The zero-order chi connectivity index (χ0) is 11.6. The van der Waals surface area contributed by atoms with Gasteiger partial charge in [-0.25, -0.2) is 0 Å². The number of nitrogens with two attached hydrogens (primary N) is 1. The molecule has 0 aromatic heterocycles. The maximum Gasteiger partial charge on any atom is 0.279 e. The summed E-state index contributed by atoms with van der Waals surface area (Å²) in [4.78, 5) is 0. The van der Waals surface area contributed by atoms with E-state index in [2.05, 4.69) is 4.72 Å². The fraction of sp³-hybridized carbons (Fsp3) is 1.00. The van der Waals surface area contributed by atoms with Gasteiger partial charge in [-0.15, -0.1) is 0 Å². The van der Waals surface area contributed by atoms with Crippen LogP contribution in [0.15, 0.2) is 0 Å². The van der Waals surface area contributed by atoms with Crippen LogP contribution in [-0.2, 0) is 10.2 Å². The second-order valence-corrected chi connectivity index (χ2v) is 6.40. The number of piperidine rings is 1. The highest BCUT2D eigenvalue weighted by atomic mass is 32.2. The van der Waals surface area contributed by atoms with Crippen molar-refractivity contribution in [3.05, 3.63) is 0 Å². The lowest BCUT2D eigenvalue weighted by molar-refractivity contribution is 0.248. The Morgan fingerprint density at radius 1 is 1.19 bits per heavy atom. The lowest BCUT2D eigenvalue weighted by Crippen LogP contribution is -2.54. The maximum atomic E-state index is 12.1. The number of rotatable bonds is 4. The number of nitrogens with one attached hydrogen (secondary N) is 1. The van der Waals surface area contributed by atoms with Gasteiger partial charge in [0.1, 0.15) is 0 Å². The van der Waals surface area contributed by atoms with Crippen molar-refractivity contribution in [2.45, 2.75) is 50.6 Å². The molecule has 0 aromatic rings. The number of nitrogens with zero attached hydrogens (tertiary/aromatic N) is 1. The lowest BCUT2D eigenvalue weighted by Gasteiger charge is -2.36. The molecule has 1 aliphatic heterocycles.